The van der Waals surface area contributed by atoms with Crippen LogP contribution in [0.3, 0.4) is 0 Å². The van der Waals surface area contributed by atoms with E-state index in [-0.39, 0.29) is 11.8 Å². The number of carboxylic acid groups (broad SMARTS) is 1. The number of rotatable bonds is 3. The number of aromatic carboxylic acids is 1. The van der Waals surface area contributed by atoms with Crippen LogP contribution in [-0.2, 0) is 0 Å². The number of nitrogens with zero attached hydrogens (tertiary/aromatic N) is 3. The summed E-state index contributed by atoms with van der Waals surface area (Å²) in [6, 6.07) is 1.59. The largest absolute Gasteiger partial charge is 0.477 e. The van der Waals surface area contributed by atoms with E-state index in [9.17, 15) is 9.90 Å². The lowest BCUT2D eigenvalue weighted by Gasteiger charge is -2.29. The fraction of sp³-hybridized carbons (Fsp3) is 0.615. The highest BCUT2D eigenvalue weighted by molar-refractivity contribution is 5.85. The number of hydrogen-bond donors (Lipinski definition) is 2. The van der Waals surface area contributed by atoms with E-state index in [2.05, 4.69) is 9.97 Å². The van der Waals surface area contributed by atoms with E-state index < -0.39 is 5.97 Å². The first-order valence-corrected chi connectivity index (χ1v) is 6.69. The van der Waals surface area contributed by atoms with Gasteiger partial charge in [0.2, 0.25) is 5.95 Å². The first kappa shape index (κ1) is 12.3. The van der Waals surface area contributed by atoms with Crippen LogP contribution < -0.4 is 4.90 Å². The quantitative estimate of drug-likeness (QED) is 0.846. The molecule has 19 heavy (non-hydrogen) atoms. The Morgan fingerprint density at radius 1 is 1.21 bits per heavy atom. The first-order chi connectivity index (χ1) is 9.13. The average Bonchev–Trinajstić information content (AvgIpc) is 3.23. The molecular weight excluding hydrogens is 246 g/mol. The molecule has 0 atom stereocenters. The standard InChI is InChI=1S/C13H17N3O3/c17-9-3-5-16(6-4-9)13-14-10(8-1-2-8)7-11(15-13)12(18)19/h7-9,17H,1-6H2,(H,18,19). The van der Waals surface area contributed by atoms with Crippen LogP contribution in [0.2, 0.25) is 0 Å². The van der Waals surface area contributed by atoms with Crippen molar-refractivity contribution in [1.29, 1.82) is 0 Å². The Kier molecular flexibility index (Phi) is 3.10. The molecule has 1 aromatic rings. The second-order valence-corrected chi connectivity index (χ2v) is 5.28. The van der Waals surface area contributed by atoms with Crippen molar-refractivity contribution in [3.63, 3.8) is 0 Å². The lowest BCUT2D eigenvalue weighted by Crippen LogP contribution is -2.37. The fourth-order valence-electron chi connectivity index (χ4n) is 2.36. The molecular formula is C13H17N3O3. The van der Waals surface area contributed by atoms with Gasteiger partial charge in [-0.1, -0.05) is 0 Å². The van der Waals surface area contributed by atoms with Crippen molar-refractivity contribution in [1.82, 2.24) is 9.97 Å². The number of aliphatic hydroxyl groups is 1. The van der Waals surface area contributed by atoms with E-state index >= 15 is 0 Å². The monoisotopic (exact) mass is 263 g/mol. The molecule has 0 bridgehead atoms. The van der Waals surface area contributed by atoms with Gasteiger partial charge in [0.25, 0.3) is 0 Å². The van der Waals surface area contributed by atoms with E-state index in [0.29, 0.717) is 37.8 Å². The molecule has 3 rings (SSSR count). The summed E-state index contributed by atoms with van der Waals surface area (Å²) < 4.78 is 0. The maximum Gasteiger partial charge on any atom is 0.354 e. The number of hydrogen-bond acceptors (Lipinski definition) is 5. The zero-order valence-corrected chi connectivity index (χ0v) is 10.6. The summed E-state index contributed by atoms with van der Waals surface area (Å²) in [5, 5.41) is 18.6. The van der Waals surface area contributed by atoms with Crippen LogP contribution in [0, 0.1) is 0 Å². The van der Waals surface area contributed by atoms with Crippen molar-refractivity contribution >= 4 is 11.9 Å². The van der Waals surface area contributed by atoms with Crippen LogP contribution in [0.1, 0.15) is 47.8 Å². The zero-order valence-electron chi connectivity index (χ0n) is 10.6. The third kappa shape index (κ3) is 2.68. The highest BCUT2D eigenvalue weighted by atomic mass is 16.4. The van der Waals surface area contributed by atoms with Crippen molar-refractivity contribution in [3.05, 3.63) is 17.5 Å². The fourth-order valence-corrected chi connectivity index (χ4v) is 2.36. The topological polar surface area (TPSA) is 86.5 Å². The normalized spacial score (nSPS) is 20.6. The van der Waals surface area contributed by atoms with E-state index in [1.54, 1.807) is 6.07 Å². The summed E-state index contributed by atoms with van der Waals surface area (Å²) in [7, 11) is 0. The van der Waals surface area contributed by atoms with Gasteiger partial charge in [0.1, 0.15) is 0 Å². The molecule has 102 valence electrons. The van der Waals surface area contributed by atoms with Gasteiger partial charge in [0.05, 0.1) is 6.10 Å². The molecule has 2 aliphatic rings. The number of carboxylic acids is 1. The van der Waals surface area contributed by atoms with E-state index in [0.717, 1.165) is 18.5 Å². The summed E-state index contributed by atoms with van der Waals surface area (Å²) in [4.78, 5) is 21.7. The van der Waals surface area contributed by atoms with Gasteiger partial charge in [-0.05, 0) is 31.7 Å². The molecule has 0 unspecified atom stereocenters. The smallest absolute Gasteiger partial charge is 0.354 e. The second-order valence-electron chi connectivity index (χ2n) is 5.28. The predicted molar refractivity (Wildman–Crippen MR) is 68.4 cm³/mol. The lowest BCUT2D eigenvalue weighted by molar-refractivity contribution is 0.0690. The number of anilines is 1. The van der Waals surface area contributed by atoms with Gasteiger partial charge < -0.3 is 15.1 Å². The molecule has 1 aliphatic carbocycles. The van der Waals surface area contributed by atoms with Crippen LogP contribution in [-0.4, -0.2) is 45.3 Å². The predicted octanol–water partition coefficient (Wildman–Crippen LogP) is 1.01. The lowest BCUT2D eigenvalue weighted by atomic mass is 10.1. The molecule has 0 spiro atoms. The molecule has 0 amide bonds. The zero-order chi connectivity index (χ0) is 13.4. The Labute approximate surface area is 111 Å². The van der Waals surface area contributed by atoms with E-state index in [1.807, 2.05) is 4.90 Å². The Morgan fingerprint density at radius 2 is 1.89 bits per heavy atom. The summed E-state index contributed by atoms with van der Waals surface area (Å²) >= 11 is 0. The van der Waals surface area contributed by atoms with Crippen molar-refractivity contribution in [2.24, 2.45) is 0 Å². The highest BCUT2D eigenvalue weighted by Gasteiger charge is 2.28. The van der Waals surface area contributed by atoms with Crippen LogP contribution in [0.25, 0.3) is 0 Å². The van der Waals surface area contributed by atoms with Gasteiger partial charge in [0, 0.05) is 24.7 Å². The maximum absolute atomic E-state index is 11.1. The third-order valence-electron chi connectivity index (χ3n) is 3.70. The van der Waals surface area contributed by atoms with E-state index in [1.165, 1.54) is 0 Å². The molecule has 6 nitrogen and oxygen atoms in total. The summed E-state index contributed by atoms with van der Waals surface area (Å²) in [6.45, 7) is 1.35. The number of piperidine rings is 1. The molecule has 0 radical (unpaired) electrons. The minimum absolute atomic E-state index is 0.0676. The number of aromatic nitrogens is 2. The van der Waals surface area contributed by atoms with Crippen molar-refractivity contribution in [2.75, 3.05) is 18.0 Å². The highest BCUT2D eigenvalue weighted by Crippen LogP contribution is 2.39. The Hall–Kier alpha value is -1.69. The third-order valence-corrected chi connectivity index (χ3v) is 3.70. The maximum atomic E-state index is 11.1. The van der Waals surface area contributed by atoms with E-state index in [4.69, 9.17) is 5.11 Å². The summed E-state index contributed by atoms with van der Waals surface area (Å²) in [6.07, 6.45) is 3.25. The van der Waals surface area contributed by atoms with Crippen molar-refractivity contribution in [3.8, 4) is 0 Å². The van der Waals surface area contributed by atoms with Crippen LogP contribution >= 0.6 is 0 Å². The summed E-state index contributed by atoms with van der Waals surface area (Å²) in [5.41, 5.74) is 0.909. The van der Waals surface area contributed by atoms with Crippen LogP contribution in [0.4, 0.5) is 5.95 Å². The minimum atomic E-state index is -1.01. The van der Waals surface area contributed by atoms with Crippen LogP contribution in [0.5, 0.6) is 0 Å². The molecule has 2 heterocycles. The van der Waals surface area contributed by atoms with Crippen LogP contribution in [0.15, 0.2) is 6.07 Å². The number of carbonyl (C=O) groups is 1. The molecule has 2 fully saturated rings. The van der Waals surface area contributed by atoms with Gasteiger partial charge in [-0.2, -0.15) is 0 Å². The average molecular weight is 263 g/mol. The summed E-state index contributed by atoms with van der Waals surface area (Å²) in [5.74, 6) is -0.119. The molecule has 0 aromatic carbocycles. The van der Waals surface area contributed by atoms with Gasteiger partial charge in [-0.3, -0.25) is 0 Å². The van der Waals surface area contributed by atoms with Gasteiger partial charge >= 0.3 is 5.97 Å². The number of aliphatic hydroxyl groups excluding tert-OH is 1. The molecule has 1 saturated heterocycles. The molecule has 1 aromatic heterocycles. The molecule has 1 aliphatic heterocycles. The minimum Gasteiger partial charge on any atom is -0.477 e. The van der Waals surface area contributed by atoms with Gasteiger partial charge in [-0.25, -0.2) is 14.8 Å². The molecule has 1 saturated carbocycles. The van der Waals surface area contributed by atoms with Crippen molar-refractivity contribution in [2.45, 2.75) is 37.7 Å². The first-order valence-electron chi connectivity index (χ1n) is 6.69. The van der Waals surface area contributed by atoms with Crippen molar-refractivity contribution < 1.29 is 15.0 Å². The van der Waals surface area contributed by atoms with Gasteiger partial charge in [0.15, 0.2) is 5.69 Å². The second kappa shape index (κ2) is 4.77. The Balaban J connectivity index is 1.89. The molecule has 6 heteroatoms. The van der Waals surface area contributed by atoms with Gasteiger partial charge in [-0.15, -0.1) is 0 Å². The Bertz CT molecular complexity index is 494. The SMILES string of the molecule is O=C(O)c1cc(C2CC2)nc(N2CCC(O)CC2)n1. The molecule has 2 N–H and O–H groups in total. The Morgan fingerprint density at radius 3 is 2.47 bits per heavy atom.